The molecule has 1 fully saturated rings. The van der Waals surface area contributed by atoms with Gasteiger partial charge in [0, 0.05) is 6.04 Å². The van der Waals surface area contributed by atoms with Crippen LogP contribution in [-0.4, -0.2) is 21.5 Å². The molecular formula is C13H22N2O3S. The van der Waals surface area contributed by atoms with E-state index in [9.17, 15) is 8.42 Å². The van der Waals surface area contributed by atoms with E-state index in [1.165, 1.54) is 6.07 Å². The lowest BCUT2D eigenvalue weighted by Gasteiger charge is -2.18. The molecule has 0 bridgehead atoms. The highest BCUT2D eigenvalue weighted by molar-refractivity contribution is 7.89. The monoisotopic (exact) mass is 286 g/mol. The van der Waals surface area contributed by atoms with Crippen LogP contribution < -0.4 is 10.0 Å². The van der Waals surface area contributed by atoms with E-state index in [1.54, 1.807) is 13.1 Å². The average Bonchev–Trinajstić information content (AvgIpc) is 2.92. The summed E-state index contributed by atoms with van der Waals surface area (Å²) in [7, 11) is -1.75. The van der Waals surface area contributed by atoms with Crippen LogP contribution in [0.5, 0.6) is 0 Å². The highest BCUT2D eigenvalue weighted by Crippen LogP contribution is 2.32. The highest BCUT2D eigenvalue weighted by Gasteiger charge is 2.33. The third-order valence-electron chi connectivity index (χ3n) is 4.02. The highest BCUT2D eigenvalue weighted by atomic mass is 32.2. The summed E-state index contributed by atoms with van der Waals surface area (Å²) >= 11 is 0. The topological polar surface area (TPSA) is 71.3 Å². The van der Waals surface area contributed by atoms with Crippen LogP contribution in [0.2, 0.25) is 0 Å². The van der Waals surface area contributed by atoms with E-state index >= 15 is 0 Å². The third-order valence-corrected chi connectivity index (χ3v) is 5.39. The average molecular weight is 286 g/mol. The maximum atomic E-state index is 12.2. The van der Waals surface area contributed by atoms with Crippen LogP contribution in [0.4, 0.5) is 0 Å². The molecule has 3 unspecified atom stereocenters. The summed E-state index contributed by atoms with van der Waals surface area (Å²) in [4.78, 5) is 0. The van der Waals surface area contributed by atoms with Crippen molar-refractivity contribution in [3.8, 4) is 0 Å². The molecule has 0 saturated heterocycles. The van der Waals surface area contributed by atoms with Gasteiger partial charge >= 0.3 is 0 Å². The Morgan fingerprint density at radius 2 is 2.05 bits per heavy atom. The van der Waals surface area contributed by atoms with Crippen molar-refractivity contribution in [2.75, 3.05) is 7.05 Å². The van der Waals surface area contributed by atoms with Gasteiger partial charge in [-0.05, 0) is 43.9 Å². The summed E-state index contributed by atoms with van der Waals surface area (Å²) in [6, 6.07) is 3.21. The lowest BCUT2D eigenvalue weighted by Crippen LogP contribution is -2.37. The summed E-state index contributed by atoms with van der Waals surface area (Å²) < 4.78 is 32.6. The first kappa shape index (κ1) is 14.6. The Balaban J connectivity index is 2.09. The van der Waals surface area contributed by atoms with Gasteiger partial charge in [-0.2, -0.15) is 0 Å². The smallest absolute Gasteiger partial charge is 0.274 e. The van der Waals surface area contributed by atoms with Gasteiger partial charge in [0.05, 0.1) is 6.54 Å². The molecule has 6 heteroatoms. The summed E-state index contributed by atoms with van der Waals surface area (Å²) in [6.45, 7) is 4.78. The fourth-order valence-electron chi connectivity index (χ4n) is 2.56. The van der Waals surface area contributed by atoms with Gasteiger partial charge in [0.15, 0.2) is 0 Å². The van der Waals surface area contributed by atoms with Crippen molar-refractivity contribution in [2.24, 2.45) is 11.8 Å². The van der Waals surface area contributed by atoms with Crippen LogP contribution in [0.25, 0.3) is 0 Å². The normalized spacial score (nSPS) is 27.8. The SMILES string of the molecule is CNCc1ccc(S(=O)(=O)NC2CCC(C)C2C)o1. The van der Waals surface area contributed by atoms with Crippen molar-refractivity contribution in [3.63, 3.8) is 0 Å². The zero-order chi connectivity index (χ0) is 14.0. The molecule has 1 aliphatic carbocycles. The summed E-state index contributed by atoms with van der Waals surface area (Å²) in [5.74, 6) is 1.54. The molecule has 1 saturated carbocycles. The van der Waals surface area contributed by atoms with E-state index in [1.807, 2.05) is 0 Å². The van der Waals surface area contributed by atoms with Crippen molar-refractivity contribution in [1.29, 1.82) is 0 Å². The molecule has 108 valence electrons. The number of rotatable bonds is 5. The number of hydrogen-bond acceptors (Lipinski definition) is 4. The van der Waals surface area contributed by atoms with Gasteiger partial charge in [0.1, 0.15) is 5.76 Å². The van der Waals surface area contributed by atoms with Crippen molar-refractivity contribution >= 4 is 10.0 Å². The Morgan fingerprint density at radius 1 is 1.32 bits per heavy atom. The summed E-state index contributed by atoms with van der Waals surface area (Å²) in [5.41, 5.74) is 0. The standard InChI is InChI=1S/C13H22N2O3S/c1-9-4-6-12(10(9)2)15-19(16,17)13-7-5-11(18-13)8-14-3/h5,7,9-10,12,14-15H,4,6,8H2,1-3H3. The zero-order valence-electron chi connectivity index (χ0n) is 11.6. The Bertz CT molecular complexity index is 524. The maximum Gasteiger partial charge on any atom is 0.274 e. The lowest BCUT2D eigenvalue weighted by atomic mass is 9.98. The van der Waals surface area contributed by atoms with E-state index in [-0.39, 0.29) is 11.1 Å². The predicted molar refractivity (Wildman–Crippen MR) is 73.1 cm³/mol. The molecule has 1 aliphatic rings. The lowest BCUT2D eigenvalue weighted by molar-refractivity contribution is 0.383. The van der Waals surface area contributed by atoms with Gasteiger partial charge in [-0.25, -0.2) is 13.1 Å². The molecule has 1 aromatic rings. The molecule has 1 aromatic heterocycles. The molecule has 0 radical (unpaired) electrons. The molecule has 0 aromatic carbocycles. The van der Waals surface area contributed by atoms with E-state index in [0.29, 0.717) is 24.1 Å². The number of sulfonamides is 1. The molecule has 2 rings (SSSR count). The third kappa shape index (κ3) is 3.19. The minimum absolute atomic E-state index is 0.00417. The fraction of sp³-hybridized carbons (Fsp3) is 0.692. The van der Waals surface area contributed by atoms with E-state index in [4.69, 9.17) is 4.42 Å². The second kappa shape index (κ2) is 5.64. The number of hydrogen-bond donors (Lipinski definition) is 2. The Kier molecular flexibility index (Phi) is 4.32. The first-order valence-corrected chi connectivity index (χ1v) is 8.18. The second-order valence-corrected chi connectivity index (χ2v) is 7.04. The van der Waals surface area contributed by atoms with Gasteiger partial charge in [0.25, 0.3) is 10.0 Å². The summed E-state index contributed by atoms with van der Waals surface area (Å²) in [5, 5.41) is 2.93. The van der Waals surface area contributed by atoms with Gasteiger partial charge in [-0.3, -0.25) is 0 Å². The van der Waals surface area contributed by atoms with Crippen LogP contribution >= 0.6 is 0 Å². The fourth-order valence-corrected chi connectivity index (χ4v) is 3.87. The molecule has 3 atom stereocenters. The molecule has 0 aliphatic heterocycles. The largest absolute Gasteiger partial charge is 0.447 e. The summed E-state index contributed by atoms with van der Waals surface area (Å²) in [6.07, 6.45) is 1.96. The molecular weight excluding hydrogens is 264 g/mol. The van der Waals surface area contributed by atoms with Gasteiger partial charge in [0.2, 0.25) is 5.09 Å². The quantitative estimate of drug-likeness (QED) is 0.864. The van der Waals surface area contributed by atoms with Crippen LogP contribution in [0.15, 0.2) is 21.6 Å². The molecule has 5 nitrogen and oxygen atoms in total. The molecule has 0 spiro atoms. The molecule has 1 heterocycles. The number of furan rings is 1. The van der Waals surface area contributed by atoms with Crippen LogP contribution in [0.3, 0.4) is 0 Å². The molecule has 2 N–H and O–H groups in total. The minimum atomic E-state index is -3.54. The minimum Gasteiger partial charge on any atom is -0.447 e. The first-order chi connectivity index (χ1) is 8.94. The van der Waals surface area contributed by atoms with Crippen molar-refractivity contribution in [2.45, 2.75) is 44.4 Å². The Labute approximate surface area is 114 Å². The van der Waals surface area contributed by atoms with E-state index in [0.717, 1.165) is 12.8 Å². The predicted octanol–water partition coefficient (Wildman–Crippen LogP) is 1.71. The zero-order valence-corrected chi connectivity index (χ0v) is 12.5. The van der Waals surface area contributed by atoms with Crippen molar-refractivity contribution in [1.82, 2.24) is 10.0 Å². The van der Waals surface area contributed by atoms with Crippen LogP contribution in [0, 0.1) is 11.8 Å². The molecule has 19 heavy (non-hydrogen) atoms. The second-order valence-electron chi connectivity index (χ2n) is 5.39. The Hall–Kier alpha value is -0.850. The Morgan fingerprint density at radius 3 is 2.63 bits per heavy atom. The van der Waals surface area contributed by atoms with Crippen molar-refractivity contribution < 1.29 is 12.8 Å². The van der Waals surface area contributed by atoms with E-state index in [2.05, 4.69) is 23.9 Å². The van der Waals surface area contributed by atoms with Crippen LogP contribution in [-0.2, 0) is 16.6 Å². The number of nitrogens with one attached hydrogen (secondary N) is 2. The molecule has 0 amide bonds. The van der Waals surface area contributed by atoms with Gasteiger partial charge in [-0.1, -0.05) is 13.8 Å². The van der Waals surface area contributed by atoms with E-state index < -0.39 is 10.0 Å². The van der Waals surface area contributed by atoms with Crippen LogP contribution in [0.1, 0.15) is 32.4 Å². The van der Waals surface area contributed by atoms with Gasteiger partial charge in [-0.15, -0.1) is 0 Å². The maximum absolute atomic E-state index is 12.2. The first-order valence-electron chi connectivity index (χ1n) is 6.69. The van der Waals surface area contributed by atoms with Crippen molar-refractivity contribution in [3.05, 3.63) is 17.9 Å². The van der Waals surface area contributed by atoms with Gasteiger partial charge < -0.3 is 9.73 Å².